The van der Waals surface area contributed by atoms with E-state index in [1.165, 1.54) is 6.08 Å². The third-order valence-electron chi connectivity index (χ3n) is 2.20. The number of rotatable bonds is 6. The van der Waals surface area contributed by atoms with Gasteiger partial charge in [-0.05, 0) is 31.2 Å². The van der Waals surface area contributed by atoms with Crippen molar-refractivity contribution in [3.8, 4) is 11.8 Å². The molecule has 100 valence electrons. The lowest BCUT2D eigenvalue weighted by Gasteiger charge is -2.08. The number of nitrogens with two attached hydrogens (primary N) is 1. The summed E-state index contributed by atoms with van der Waals surface area (Å²) in [4.78, 5) is 11.2. The lowest BCUT2D eigenvalue weighted by atomic mass is 10.1. The molecule has 5 heteroatoms. The molecule has 1 aromatic carbocycles. The first kappa shape index (κ1) is 14.7. The highest BCUT2D eigenvalue weighted by Crippen LogP contribution is 2.21. The van der Waals surface area contributed by atoms with Crippen LogP contribution in [0.4, 0.5) is 0 Å². The first-order chi connectivity index (χ1) is 9.21. The topological polar surface area (TPSA) is 85.3 Å². The van der Waals surface area contributed by atoms with E-state index in [0.717, 1.165) is 0 Å². The van der Waals surface area contributed by atoms with E-state index >= 15 is 0 Å². The summed E-state index contributed by atoms with van der Waals surface area (Å²) in [6, 6.07) is 7.00. The molecule has 1 rings (SSSR count). The number of carbonyl (C=O) groups excluding carboxylic acids is 1. The second-order valence-corrected chi connectivity index (χ2v) is 3.59. The van der Waals surface area contributed by atoms with Crippen molar-refractivity contribution in [2.24, 2.45) is 5.73 Å². The summed E-state index contributed by atoms with van der Waals surface area (Å²) in [5, 5.41) is 8.84. The highest BCUT2D eigenvalue weighted by Gasteiger charge is 2.04. The van der Waals surface area contributed by atoms with Gasteiger partial charge >= 0.3 is 5.97 Å². The van der Waals surface area contributed by atoms with E-state index in [1.807, 2.05) is 6.07 Å². The number of benzene rings is 1. The Morgan fingerprint density at radius 2 is 2.32 bits per heavy atom. The van der Waals surface area contributed by atoms with Gasteiger partial charge in [0.05, 0.1) is 18.2 Å². The smallest absolute Gasteiger partial charge is 0.330 e. The Morgan fingerprint density at radius 1 is 1.53 bits per heavy atom. The highest BCUT2D eigenvalue weighted by molar-refractivity contribution is 5.87. The molecule has 0 aromatic heterocycles. The highest BCUT2D eigenvalue weighted by atomic mass is 16.5. The molecule has 19 heavy (non-hydrogen) atoms. The standard InChI is InChI=1S/C14H16N2O3/c1-2-18-14(17)6-5-12-4-3-11(10-16)9-13(12)19-8-7-15/h3-6,9H,2,7-8,15H2,1H3/b6-5+. The van der Waals surface area contributed by atoms with Crippen LogP contribution in [0, 0.1) is 11.3 Å². The lowest BCUT2D eigenvalue weighted by molar-refractivity contribution is -0.137. The lowest BCUT2D eigenvalue weighted by Crippen LogP contribution is -2.11. The van der Waals surface area contributed by atoms with E-state index < -0.39 is 5.97 Å². The van der Waals surface area contributed by atoms with Gasteiger partial charge in [0.1, 0.15) is 12.4 Å². The Labute approximate surface area is 112 Å². The van der Waals surface area contributed by atoms with Gasteiger partial charge in [0.25, 0.3) is 0 Å². The molecular formula is C14H16N2O3. The Bertz CT molecular complexity index is 504. The molecule has 0 aliphatic rings. The normalized spacial score (nSPS) is 10.2. The van der Waals surface area contributed by atoms with Crippen molar-refractivity contribution in [1.82, 2.24) is 0 Å². The van der Waals surface area contributed by atoms with Crippen molar-refractivity contribution >= 4 is 12.0 Å². The molecule has 0 spiro atoms. The quantitative estimate of drug-likeness (QED) is 0.618. The monoisotopic (exact) mass is 260 g/mol. The molecule has 0 amide bonds. The zero-order valence-electron chi connectivity index (χ0n) is 10.8. The van der Waals surface area contributed by atoms with Gasteiger partial charge < -0.3 is 15.2 Å². The number of hydrogen-bond acceptors (Lipinski definition) is 5. The molecule has 0 aliphatic carbocycles. The fraction of sp³-hybridized carbons (Fsp3) is 0.286. The molecule has 0 aliphatic heterocycles. The summed E-state index contributed by atoms with van der Waals surface area (Å²) in [5.74, 6) is 0.0988. The average molecular weight is 260 g/mol. The van der Waals surface area contributed by atoms with Gasteiger partial charge in [0.2, 0.25) is 0 Å². The van der Waals surface area contributed by atoms with E-state index in [4.69, 9.17) is 20.5 Å². The molecule has 2 N–H and O–H groups in total. The molecular weight excluding hydrogens is 244 g/mol. The first-order valence-corrected chi connectivity index (χ1v) is 5.93. The number of ether oxygens (including phenoxy) is 2. The minimum atomic E-state index is -0.420. The van der Waals surface area contributed by atoms with Gasteiger partial charge in [-0.2, -0.15) is 5.26 Å². The molecule has 0 bridgehead atoms. The molecule has 0 radical (unpaired) electrons. The van der Waals surface area contributed by atoms with Crippen LogP contribution in [0.2, 0.25) is 0 Å². The number of hydrogen-bond donors (Lipinski definition) is 1. The predicted octanol–water partition coefficient (Wildman–Crippen LogP) is 1.47. The second-order valence-electron chi connectivity index (χ2n) is 3.59. The number of nitriles is 1. The molecule has 1 aromatic rings. The maximum Gasteiger partial charge on any atom is 0.330 e. The average Bonchev–Trinajstić information content (AvgIpc) is 2.43. The van der Waals surface area contributed by atoms with Crippen LogP contribution >= 0.6 is 0 Å². The maximum atomic E-state index is 11.2. The van der Waals surface area contributed by atoms with Crippen LogP contribution in [0.1, 0.15) is 18.1 Å². The minimum Gasteiger partial charge on any atom is -0.492 e. The Hall–Kier alpha value is -2.32. The molecule has 0 atom stereocenters. The van der Waals surface area contributed by atoms with Crippen LogP contribution in [-0.2, 0) is 9.53 Å². The second kappa shape index (κ2) is 7.90. The molecule has 5 nitrogen and oxygen atoms in total. The van der Waals surface area contributed by atoms with E-state index in [2.05, 4.69) is 0 Å². The van der Waals surface area contributed by atoms with E-state index in [9.17, 15) is 4.79 Å². The number of carbonyl (C=O) groups is 1. The van der Waals surface area contributed by atoms with E-state index in [-0.39, 0.29) is 0 Å². The van der Waals surface area contributed by atoms with Gasteiger partial charge in [-0.3, -0.25) is 0 Å². The number of nitrogens with zero attached hydrogens (tertiary/aromatic N) is 1. The fourth-order valence-corrected chi connectivity index (χ4v) is 1.38. The fourth-order valence-electron chi connectivity index (χ4n) is 1.38. The Kier molecular flexibility index (Phi) is 6.13. The van der Waals surface area contributed by atoms with Crippen LogP contribution in [0.15, 0.2) is 24.3 Å². The number of esters is 1. The molecule has 0 saturated carbocycles. The van der Waals surface area contributed by atoms with Crippen molar-refractivity contribution in [1.29, 1.82) is 5.26 Å². The zero-order valence-corrected chi connectivity index (χ0v) is 10.8. The van der Waals surface area contributed by atoms with Crippen LogP contribution in [0.25, 0.3) is 6.08 Å². The van der Waals surface area contributed by atoms with Crippen LogP contribution < -0.4 is 10.5 Å². The van der Waals surface area contributed by atoms with Crippen LogP contribution in [0.3, 0.4) is 0 Å². The van der Waals surface area contributed by atoms with Crippen LogP contribution in [-0.4, -0.2) is 25.7 Å². The van der Waals surface area contributed by atoms with Gasteiger partial charge in [-0.15, -0.1) is 0 Å². The van der Waals surface area contributed by atoms with Gasteiger partial charge in [-0.25, -0.2) is 4.79 Å². The van der Waals surface area contributed by atoms with Crippen molar-refractivity contribution in [2.75, 3.05) is 19.8 Å². The summed E-state index contributed by atoms with van der Waals surface area (Å²) < 4.78 is 10.2. The van der Waals surface area contributed by atoms with Crippen LogP contribution in [0.5, 0.6) is 5.75 Å². The van der Waals surface area contributed by atoms with E-state index in [0.29, 0.717) is 36.6 Å². The van der Waals surface area contributed by atoms with Crippen molar-refractivity contribution in [3.63, 3.8) is 0 Å². The summed E-state index contributed by atoms with van der Waals surface area (Å²) in [5.41, 5.74) is 6.56. The molecule has 0 unspecified atom stereocenters. The molecule has 0 fully saturated rings. The van der Waals surface area contributed by atoms with Gasteiger partial charge in [0, 0.05) is 18.2 Å². The summed E-state index contributed by atoms with van der Waals surface area (Å²) in [7, 11) is 0. The predicted molar refractivity (Wildman–Crippen MR) is 71.4 cm³/mol. The third kappa shape index (κ3) is 4.82. The van der Waals surface area contributed by atoms with Gasteiger partial charge in [-0.1, -0.05) is 0 Å². The summed E-state index contributed by atoms with van der Waals surface area (Å²) >= 11 is 0. The largest absolute Gasteiger partial charge is 0.492 e. The maximum absolute atomic E-state index is 11.2. The van der Waals surface area contributed by atoms with Crippen molar-refractivity contribution in [2.45, 2.75) is 6.92 Å². The molecule has 0 heterocycles. The minimum absolute atomic E-state index is 0.326. The van der Waals surface area contributed by atoms with Crippen molar-refractivity contribution in [3.05, 3.63) is 35.4 Å². The van der Waals surface area contributed by atoms with Crippen molar-refractivity contribution < 1.29 is 14.3 Å². The zero-order chi connectivity index (χ0) is 14.1. The first-order valence-electron chi connectivity index (χ1n) is 5.93. The van der Waals surface area contributed by atoms with Gasteiger partial charge in [0.15, 0.2) is 0 Å². The molecule has 0 saturated heterocycles. The SMILES string of the molecule is CCOC(=O)/C=C/c1ccc(C#N)cc1OCCN. The summed E-state index contributed by atoms with van der Waals surface area (Å²) in [6.07, 6.45) is 2.91. The third-order valence-corrected chi connectivity index (χ3v) is 2.20. The van der Waals surface area contributed by atoms with E-state index in [1.54, 1.807) is 31.2 Å². The summed E-state index contributed by atoms with van der Waals surface area (Å²) in [6.45, 7) is 2.78. The Balaban J connectivity index is 2.92. The Morgan fingerprint density at radius 3 is 2.95 bits per heavy atom.